The Hall–Kier alpha value is -1.69. The molecule has 0 bridgehead atoms. The number of rotatable bonds is 3. The quantitative estimate of drug-likeness (QED) is 0.807. The summed E-state index contributed by atoms with van der Waals surface area (Å²) in [5.41, 5.74) is 1.43. The summed E-state index contributed by atoms with van der Waals surface area (Å²) < 4.78 is 26.0. The standard InChI is InChI=1S/C14H16N2O3S/c17-10-11-4-5-12-8-15-14(16(12)9-11)7-13-3-1-2-6-20(13,18)19/h4-5,8-10,13H,1-3,6-7H2. The van der Waals surface area contributed by atoms with Crippen molar-refractivity contribution in [3.63, 3.8) is 0 Å². The molecule has 0 spiro atoms. The molecule has 2 aromatic heterocycles. The van der Waals surface area contributed by atoms with Crippen molar-refractivity contribution in [1.82, 2.24) is 9.38 Å². The van der Waals surface area contributed by atoms with Crippen molar-refractivity contribution in [2.75, 3.05) is 5.75 Å². The van der Waals surface area contributed by atoms with Crippen LogP contribution in [-0.2, 0) is 16.3 Å². The van der Waals surface area contributed by atoms with Crippen LogP contribution in [0.4, 0.5) is 0 Å². The van der Waals surface area contributed by atoms with Crippen LogP contribution in [0.1, 0.15) is 35.4 Å². The molecule has 0 amide bonds. The molecule has 0 N–H and O–H groups in total. The Labute approximate surface area is 117 Å². The van der Waals surface area contributed by atoms with Gasteiger partial charge < -0.3 is 4.40 Å². The van der Waals surface area contributed by atoms with Gasteiger partial charge >= 0.3 is 0 Å². The van der Waals surface area contributed by atoms with Gasteiger partial charge in [-0.3, -0.25) is 4.79 Å². The third kappa shape index (κ3) is 2.35. The van der Waals surface area contributed by atoms with E-state index in [9.17, 15) is 13.2 Å². The predicted octanol–water partition coefficient (Wildman–Crippen LogP) is 1.66. The smallest absolute Gasteiger partial charge is 0.153 e. The average Bonchev–Trinajstić information content (AvgIpc) is 2.83. The Balaban J connectivity index is 1.96. The lowest BCUT2D eigenvalue weighted by atomic mass is 10.1. The molecule has 3 heterocycles. The molecule has 0 aromatic carbocycles. The van der Waals surface area contributed by atoms with E-state index in [1.807, 2.05) is 10.5 Å². The molecule has 1 atom stereocenters. The van der Waals surface area contributed by atoms with E-state index in [0.29, 0.717) is 24.2 Å². The number of sulfone groups is 1. The molecular weight excluding hydrogens is 276 g/mol. The Bertz CT molecular complexity index is 749. The van der Waals surface area contributed by atoms with E-state index < -0.39 is 9.84 Å². The zero-order valence-electron chi connectivity index (χ0n) is 11.0. The van der Waals surface area contributed by atoms with Gasteiger partial charge in [-0.1, -0.05) is 6.42 Å². The van der Waals surface area contributed by atoms with Gasteiger partial charge in [0.1, 0.15) is 5.82 Å². The van der Waals surface area contributed by atoms with Crippen LogP contribution in [0.3, 0.4) is 0 Å². The first-order chi connectivity index (χ1) is 9.60. The zero-order chi connectivity index (χ0) is 14.2. The van der Waals surface area contributed by atoms with Gasteiger partial charge in [-0.2, -0.15) is 0 Å². The number of aromatic nitrogens is 2. The number of pyridine rings is 1. The fourth-order valence-electron chi connectivity index (χ4n) is 2.74. The Morgan fingerprint density at radius 3 is 2.95 bits per heavy atom. The average molecular weight is 292 g/mol. The summed E-state index contributed by atoms with van der Waals surface area (Å²) in [5, 5.41) is -0.346. The molecule has 1 fully saturated rings. The highest BCUT2D eigenvalue weighted by atomic mass is 32.2. The molecule has 20 heavy (non-hydrogen) atoms. The number of hydrogen-bond donors (Lipinski definition) is 0. The first-order valence-corrected chi connectivity index (χ1v) is 8.44. The molecule has 0 saturated carbocycles. The van der Waals surface area contributed by atoms with Crippen LogP contribution < -0.4 is 0 Å². The van der Waals surface area contributed by atoms with Crippen molar-refractivity contribution in [1.29, 1.82) is 0 Å². The lowest BCUT2D eigenvalue weighted by molar-refractivity contribution is 0.112. The molecule has 5 nitrogen and oxygen atoms in total. The highest BCUT2D eigenvalue weighted by Crippen LogP contribution is 2.23. The van der Waals surface area contributed by atoms with Gasteiger partial charge in [0.15, 0.2) is 16.1 Å². The van der Waals surface area contributed by atoms with E-state index in [4.69, 9.17) is 0 Å². The first-order valence-electron chi connectivity index (χ1n) is 6.73. The number of aldehydes is 1. The summed E-state index contributed by atoms with van der Waals surface area (Å²) in [6.45, 7) is 0. The third-order valence-corrected chi connectivity index (χ3v) is 6.16. The second-order valence-corrected chi connectivity index (χ2v) is 7.64. The van der Waals surface area contributed by atoms with Crippen LogP contribution in [0.5, 0.6) is 0 Å². The van der Waals surface area contributed by atoms with Gasteiger partial charge in [0.25, 0.3) is 0 Å². The second kappa shape index (κ2) is 5.01. The van der Waals surface area contributed by atoms with Crippen LogP contribution in [0.15, 0.2) is 24.5 Å². The first kappa shape index (κ1) is 13.3. The van der Waals surface area contributed by atoms with Gasteiger partial charge in [0.05, 0.1) is 22.7 Å². The maximum absolute atomic E-state index is 12.1. The van der Waals surface area contributed by atoms with E-state index in [1.54, 1.807) is 18.5 Å². The summed E-state index contributed by atoms with van der Waals surface area (Å²) in [5.74, 6) is 0.986. The summed E-state index contributed by atoms with van der Waals surface area (Å²) in [6, 6.07) is 3.54. The summed E-state index contributed by atoms with van der Waals surface area (Å²) in [4.78, 5) is 15.2. The maximum atomic E-state index is 12.1. The van der Waals surface area contributed by atoms with Crippen LogP contribution in [0.2, 0.25) is 0 Å². The van der Waals surface area contributed by atoms with E-state index in [1.165, 1.54) is 0 Å². The summed E-state index contributed by atoms with van der Waals surface area (Å²) in [7, 11) is -3.01. The summed E-state index contributed by atoms with van der Waals surface area (Å²) in [6.07, 6.45) is 7.02. The SMILES string of the molecule is O=Cc1ccc2cnc(CC3CCCCS3(=O)=O)n2c1. The van der Waals surface area contributed by atoms with Crippen molar-refractivity contribution in [3.8, 4) is 0 Å². The van der Waals surface area contributed by atoms with Crippen molar-refractivity contribution in [2.45, 2.75) is 30.9 Å². The zero-order valence-corrected chi connectivity index (χ0v) is 11.8. The van der Waals surface area contributed by atoms with E-state index in [0.717, 1.165) is 24.6 Å². The second-order valence-electron chi connectivity index (χ2n) is 5.24. The van der Waals surface area contributed by atoms with Crippen LogP contribution in [-0.4, -0.2) is 35.1 Å². The van der Waals surface area contributed by atoms with Crippen LogP contribution in [0.25, 0.3) is 5.52 Å². The number of hydrogen-bond acceptors (Lipinski definition) is 4. The Morgan fingerprint density at radius 2 is 2.20 bits per heavy atom. The van der Waals surface area contributed by atoms with E-state index >= 15 is 0 Å². The van der Waals surface area contributed by atoms with Crippen LogP contribution in [0, 0.1) is 0 Å². The molecule has 1 aliphatic rings. The molecule has 6 heteroatoms. The largest absolute Gasteiger partial charge is 0.303 e. The third-order valence-electron chi connectivity index (χ3n) is 3.89. The van der Waals surface area contributed by atoms with Crippen molar-refractivity contribution < 1.29 is 13.2 Å². The molecule has 0 radical (unpaired) electrons. The van der Waals surface area contributed by atoms with Gasteiger partial charge in [-0.15, -0.1) is 0 Å². The lowest BCUT2D eigenvalue weighted by Crippen LogP contribution is -2.30. The molecule has 0 aliphatic carbocycles. The lowest BCUT2D eigenvalue weighted by Gasteiger charge is -2.21. The fourth-order valence-corrected chi connectivity index (χ4v) is 4.60. The van der Waals surface area contributed by atoms with Crippen molar-refractivity contribution in [3.05, 3.63) is 35.9 Å². The monoisotopic (exact) mass is 292 g/mol. The number of carbonyl (C=O) groups excluding carboxylic acids is 1. The number of fused-ring (bicyclic) bond motifs is 1. The minimum Gasteiger partial charge on any atom is -0.303 e. The number of nitrogens with zero attached hydrogens (tertiary/aromatic N) is 2. The van der Waals surface area contributed by atoms with Crippen molar-refractivity contribution >= 4 is 21.6 Å². The van der Waals surface area contributed by atoms with Crippen molar-refractivity contribution in [2.24, 2.45) is 0 Å². The Kier molecular flexibility index (Phi) is 3.33. The fraction of sp³-hybridized carbons (Fsp3) is 0.429. The number of imidazole rings is 1. The summed E-state index contributed by atoms with van der Waals surface area (Å²) >= 11 is 0. The molecular formula is C14H16N2O3S. The molecule has 1 unspecified atom stereocenters. The van der Waals surface area contributed by atoms with Gasteiger partial charge in [0.2, 0.25) is 0 Å². The van der Waals surface area contributed by atoms with Gasteiger partial charge in [0, 0.05) is 18.2 Å². The molecule has 106 valence electrons. The molecule has 1 saturated heterocycles. The van der Waals surface area contributed by atoms with E-state index in [2.05, 4.69) is 4.98 Å². The van der Waals surface area contributed by atoms with Gasteiger partial charge in [-0.05, 0) is 25.0 Å². The highest BCUT2D eigenvalue weighted by molar-refractivity contribution is 7.92. The molecule has 1 aliphatic heterocycles. The normalized spacial score (nSPS) is 21.9. The topological polar surface area (TPSA) is 68.5 Å². The highest BCUT2D eigenvalue weighted by Gasteiger charge is 2.29. The minimum atomic E-state index is -3.01. The predicted molar refractivity (Wildman–Crippen MR) is 75.7 cm³/mol. The number of carbonyl (C=O) groups is 1. The Morgan fingerprint density at radius 1 is 1.35 bits per heavy atom. The minimum absolute atomic E-state index is 0.278. The van der Waals surface area contributed by atoms with E-state index in [-0.39, 0.29) is 11.0 Å². The van der Waals surface area contributed by atoms with Gasteiger partial charge in [-0.25, -0.2) is 13.4 Å². The molecule has 3 rings (SSSR count). The molecule has 2 aromatic rings. The van der Waals surface area contributed by atoms with Crippen LogP contribution >= 0.6 is 0 Å². The maximum Gasteiger partial charge on any atom is 0.153 e.